The molecule has 0 spiro atoms. The smallest absolute Gasteiger partial charge is 0.493 e. The van der Waals surface area contributed by atoms with Gasteiger partial charge in [0.05, 0.1) is 78.7 Å². The lowest BCUT2D eigenvalue weighted by Crippen LogP contribution is -2.41. The highest BCUT2D eigenvalue weighted by Gasteiger charge is 2.52. The Balaban J connectivity index is 0.000000174. The first kappa shape index (κ1) is 92.1. The van der Waals surface area contributed by atoms with Crippen LogP contribution in [0.25, 0.3) is 55.6 Å². The van der Waals surface area contributed by atoms with Crippen molar-refractivity contribution in [1.29, 1.82) is 0 Å². The Morgan fingerprint density at radius 1 is 0.417 bits per heavy atom. The number of ether oxygens (including phenoxy) is 8. The molecule has 3 unspecified atom stereocenters. The Bertz CT molecular complexity index is 5200. The quantitative estimate of drug-likeness (QED) is 0.0576. The number of carbonyl (C=O) groups excluding carboxylic acids is 2. The van der Waals surface area contributed by atoms with Crippen LogP contribution in [0, 0.1) is 27.7 Å². The molecule has 13 rings (SSSR count). The normalized spacial score (nSPS) is 15.8. The Kier molecular flexibility index (Phi) is 28.1. The van der Waals surface area contributed by atoms with Crippen molar-refractivity contribution in [1.82, 2.24) is 15.0 Å². The third-order valence-electron chi connectivity index (χ3n) is 20.6. The van der Waals surface area contributed by atoms with Crippen molar-refractivity contribution in [3.8, 4) is 72.9 Å². The van der Waals surface area contributed by atoms with E-state index in [1.54, 1.807) is 161 Å². The van der Waals surface area contributed by atoms with Gasteiger partial charge in [0.1, 0.15) is 17.2 Å². The molecule has 0 bridgehead atoms. The molecule has 6 aromatic carbocycles. The number of methoxy groups -OCH3 is 2. The third-order valence-corrected chi connectivity index (χ3v) is 20.6. The van der Waals surface area contributed by atoms with Gasteiger partial charge in [-0.25, -0.2) is 14.4 Å². The number of hydrogen-bond acceptors (Lipinski definition) is 16. The number of carbonyl (C=O) groups is 3. The number of esters is 2. The van der Waals surface area contributed by atoms with Crippen molar-refractivity contribution in [2.24, 2.45) is 0 Å². The summed E-state index contributed by atoms with van der Waals surface area (Å²) >= 11 is 0. The molecule has 640 valence electrons. The van der Waals surface area contributed by atoms with Crippen LogP contribution in [-0.2, 0) is 85.2 Å². The fraction of sp³-hybridized carbons (Fsp3) is 0.419. The number of alkyl halides is 9. The molecular weight excluding hydrogens is 1560 g/mol. The van der Waals surface area contributed by atoms with Gasteiger partial charge >= 0.3 is 43.6 Å². The first-order chi connectivity index (χ1) is 56.0. The van der Waals surface area contributed by atoms with Crippen LogP contribution in [0.2, 0.25) is 0 Å². The number of rotatable bonds is 15. The second kappa shape index (κ2) is 36.6. The number of carboxylic acids is 1. The van der Waals surface area contributed by atoms with Gasteiger partial charge in [-0.3, -0.25) is 15.0 Å². The second-order valence-corrected chi connectivity index (χ2v) is 33.8. The van der Waals surface area contributed by atoms with E-state index in [0.29, 0.717) is 99.2 Å². The van der Waals surface area contributed by atoms with E-state index in [9.17, 15) is 59.0 Å². The Labute approximate surface area is 695 Å². The van der Waals surface area contributed by atoms with Gasteiger partial charge in [-0.1, -0.05) is 36.4 Å². The van der Waals surface area contributed by atoms with Crippen LogP contribution in [-0.4, -0.2) is 107 Å². The van der Waals surface area contributed by atoms with Gasteiger partial charge < -0.3 is 52.3 Å². The summed E-state index contributed by atoms with van der Waals surface area (Å²) < 4.78 is 185. The highest BCUT2D eigenvalue weighted by molar-refractivity contribution is 6.62. The van der Waals surface area contributed by atoms with Gasteiger partial charge in [-0.15, -0.1) is 0 Å². The minimum atomic E-state index is -4.80. The Morgan fingerprint density at radius 2 is 0.742 bits per heavy atom. The van der Waals surface area contributed by atoms with Crippen LogP contribution in [0.5, 0.6) is 17.2 Å². The average Bonchev–Trinajstić information content (AvgIpc) is 1.02. The van der Waals surface area contributed by atoms with Gasteiger partial charge in [0.15, 0.2) is 18.3 Å². The SMILES string of the molecule is COC(=O)C(OC(C)(C)C)c1c(C(F)(F)F)ccc(-c2ccnc(C)c2)c1-c1ccc2c(c1)CCCO2.COC(=O)C(OC(C)(C)C)c1c(C(F)(F)F)ccc(C)c1-c1ccc2c(c1)CCCO2.Cc1cc(-c2ccc(C(F)(F)F)c(C(OC(C)(C)C)C(=O)O)c2-c2ccc3c(c2)CCCO3)ccn1.Cc1cc(B2OC(C)(C)C(C)(C)O2)ccn1. The monoisotopic (exact) mass is 1670 g/mol. The predicted molar refractivity (Wildman–Crippen MR) is 440 cm³/mol. The third kappa shape index (κ3) is 22.3. The summed E-state index contributed by atoms with van der Waals surface area (Å²) in [7, 11) is 1.99. The van der Waals surface area contributed by atoms with Crippen molar-refractivity contribution < 1.29 is 106 Å². The first-order valence-corrected chi connectivity index (χ1v) is 39.5. The lowest BCUT2D eigenvalue weighted by atomic mass is 9.79. The molecule has 1 fully saturated rings. The van der Waals surface area contributed by atoms with Crippen molar-refractivity contribution in [2.45, 2.75) is 221 Å². The molecule has 3 aromatic heterocycles. The van der Waals surface area contributed by atoms with Crippen LogP contribution < -0.4 is 19.7 Å². The molecule has 0 aliphatic carbocycles. The first-order valence-electron chi connectivity index (χ1n) is 39.5. The van der Waals surface area contributed by atoms with E-state index in [1.165, 1.54) is 18.2 Å². The van der Waals surface area contributed by atoms with Gasteiger partial charge in [0, 0.05) is 52.4 Å². The molecule has 0 amide bonds. The highest BCUT2D eigenvalue weighted by Crippen LogP contribution is 2.52. The molecule has 0 radical (unpaired) electrons. The summed E-state index contributed by atoms with van der Waals surface area (Å²) in [6.45, 7) is 32.2. The fourth-order valence-corrected chi connectivity index (χ4v) is 14.6. The lowest BCUT2D eigenvalue weighted by molar-refractivity contribution is -0.167. The second-order valence-electron chi connectivity index (χ2n) is 33.8. The van der Waals surface area contributed by atoms with E-state index in [0.717, 1.165) is 98.1 Å². The van der Waals surface area contributed by atoms with Crippen LogP contribution >= 0.6 is 0 Å². The van der Waals surface area contributed by atoms with E-state index < -0.39 is 93.8 Å². The number of benzene rings is 6. The van der Waals surface area contributed by atoms with Crippen LogP contribution in [0.3, 0.4) is 0 Å². The molecule has 3 atom stereocenters. The lowest BCUT2D eigenvalue weighted by Gasteiger charge is -2.32. The molecule has 4 aliphatic rings. The summed E-state index contributed by atoms with van der Waals surface area (Å²) in [5, 5.41) is 10.1. The van der Waals surface area contributed by atoms with E-state index in [-0.39, 0.29) is 40.6 Å². The zero-order valence-electron chi connectivity index (χ0n) is 71.0. The maximum absolute atomic E-state index is 14.5. The zero-order valence-corrected chi connectivity index (χ0v) is 71.0. The van der Waals surface area contributed by atoms with E-state index in [1.807, 2.05) is 38.1 Å². The van der Waals surface area contributed by atoms with Gasteiger partial charge in [-0.2, -0.15) is 39.5 Å². The van der Waals surface area contributed by atoms with Crippen molar-refractivity contribution in [3.05, 3.63) is 219 Å². The minimum Gasteiger partial charge on any atom is -0.493 e. The number of aliphatic carboxylic acids is 1. The molecule has 27 heteroatoms. The molecule has 4 aliphatic heterocycles. The zero-order chi connectivity index (χ0) is 88.2. The maximum Gasteiger partial charge on any atom is 0.494 e. The standard InChI is InChI=1S/C29H30F3NO4.C28H28F3NO4.C24H27F3O4.C12H18BNO2/c1-17-15-18(12-13-33-17)21-9-10-22(29(30,31)32)25(26(27(34)35-5)37-28(2,3)4)24(21)20-8-11-23-19(16-20)7-6-14-36-23;1-16-14-17(11-12-32-16)20-8-9-21(28(29,30)31)24(25(26(33)34)36-27(2,3)4)23(20)19-7-10-22-18(15-19)6-5-13-35-22;1-14-8-10-17(24(25,26)27)20(21(22(28)29-5)31-23(2,3)4)19(14)16-9-11-18-15(13-16)7-6-12-30-18;1-9-8-10(6-7-14-9)13-15-11(2,3)12(4,5)16-13/h8-13,15-16,26H,6-7,14H2,1-5H3;7-12,14-15,25H,5-6,13H2,1-4H3,(H,33,34);8-11,13,21H,6-7,12H2,1-5H3;6-8H,1-5H3. The highest BCUT2D eigenvalue weighted by atomic mass is 19.4. The molecule has 9 aromatic rings. The predicted octanol–water partition coefficient (Wildman–Crippen LogP) is 21.8. The van der Waals surface area contributed by atoms with Gasteiger partial charge in [0.25, 0.3) is 0 Å². The number of carboxylic acid groups (broad SMARTS) is 1. The largest absolute Gasteiger partial charge is 0.494 e. The molecule has 1 N–H and O–H groups in total. The number of hydrogen-bond donors (Lipinski definition) is 1. The molecule has 7 heterocycles. The molecule has 120 heavy (non-hydrogen) atoms. The van der Waals surface area contributed by atoms with Crippen LogP contribution in [0.1, 0.15) is 200 Å². The van der Waals surface area contributed by atoms with Crippen molar-refractivity contribution in [3.63, 3.8) is 0 Å². The Morgan fingerprint density at radius 3 is 1.07 bits per heavy atom. The fourth-order valence-electron chi connectivity index (χ4n) is 14.6. The molecule has 0 saturated carbocycles. The van der Waals surface area contributed by atoms with E-state index >= 15 is 0 Å². The summed E-state index contributed by atoms with van der Waals surface area (Å²) in [4.78, 5) is 50.8. The summed E-state index contributed by atoms with van der Waals surface area (Å²) in [6.07, 6.45) is -9.62. The molecule has 17 nitrogen and oxygen atoms in total. The van der Waals surface area contributed by atoms with Crippen molar-refractivity contribution in [2.75, 3.05) is 34.0 Å². The van der Waals surface area contributed by atoms with Gasteiger partial charge in [0.2, 0.25) is 0 Å². The summed E-state index contributed by atoms with van der Waals surface area (Å²) in [5.41, 5.74) is 4.05. The van der Waals surface area contributed by atoms with E-state index in [2.05, 4.69) is 42.6 Å². The number of halogens is 9. The number of fused-ring (bicyclic) bond motifs is 3. The minimum absolute atomic E-state index is 0.167. The Hall–Kier alpha value is -10.2. The average molecular weight is 1670 g/mol. The summed E-state index contributed by atoms with van der Waals surface area (Å²) in [5.74, 6) is -1.17. The topological polar surface area (TPSA) is 202 Å². The number of aromatic nitrogens is 3. The maximum atomic E-state index is 14.5. The number of aryl methyl sites for hydroxylation is 7. The van der Waals surface area contributed by atoms with Crippen LogP contribution in [0.4, 0.5) is 39.5 Å². The number of nitrogens with zero attached hydrogens (tertiary/aromatic N) is 3. The molecule has 1 saturated heterocycles. The molecular formula is C93H103BF9N3O14. The number of pyridine rings is 3. The summed E-state index contributed by atoms with van der Waals surface area (Å²) in [6, 6.07) is 34.0. The van der Waals surface area contributed by atoms with Crippen molar-refractivity contribution >= 4 is 30.5 Å². The van der Waals surface area contributed by atoms with Crippen LogP contribution in [0.15, 0.2) is 146 Å². The van der Waals surface area contributed by atoms with E-state index in [4.69, 9.17) is 47.2 Å². The van der Waals surface area contributed by atoms with Gasteiger partial charge in [-0.05, 0) is 331 Å².